The van der Waals surface area contributed by atoms with Crippen LogP contribution in [0.1, 0.15) is 10.4 Å². The molecule has 0 atom stereocenters. The van der Waals surface area contributed by atoms with Crippen LogP contribution in [0.5, 0.6) is 0 Å². The van der Waals surface area contributed by atoms with E-state index in [0.29, 0.717) is 0 Å². The molecule has 3 N–H and O–H groups in total. The Hall–Kier alpha value is -1.71. The van der Waals surface area contributed by atoms with E-state index in [1.54, 1.807) is 0 Å². The highest BCUT2D eigenvalue weighted by Gasteiger charge is 2.14. The number of amides is 1. The molecule has 0 unspecified atom stereocenters. The average Bonchev–Trinajstić information content (AvgIpc) is 2.26. The molecule has 1 aromatic rings. The molecule has 1 amide bonds. The van der Waals surface area contributed by atoms with Gasteiger partial charge in [-0.15, -0.1) is 0 Å². The van der Waals surface area contributed by atoms with E-state index < -0.39 is 26.6 Å². The fraction of sp³-hybridized carbons (Fsp3) is 0.222. The summed E-state index contributed by atoms with van der Waals surface area (Å²) in [5, 5.41) is 17.7. The molecule has 0 aliphatic heterocycles. The van der Waals surface area contributed by atoms with Crippen LogP contribution < -0.4 is 10.5 Å². The summed E-state index contributed by atoms with van der Waals surface area (Å²) < 4.78 is 21.3. The Morgan fingerprint density at radius 3 is 2.58 bits per heavy atom. The number of nitrogens with two attached hydrogens (primary N) is 1. The molecule has 8 nitrogen and oxygen atoms in total. The van der Waals surface area contributed by atoms with Gasteiger partial charge in [0.1, 0.15) is 0 Å². The summed E-state index contributed by atoms with van der Waals surface area (Å²) in [6, 6.07) is 3.38. The number of nitrogens with one attached hydrogen (secondary N) is 1. The second-order valence-electron chi connectivity index (χ2n) is 3.58. The van der Waals surface area contributed by atoms with E-state index in [9.17, 15) is 23.3 Å². The van der Waals surface area contributed by atoms with Crippen molar-refractivity contribution in [3.05, 3.63) is 38.9 Å². The maximum Gasteiger partial charge on any atom is 0.271 e. The molecule has 0 radical (unpaired) electrons. The molecule has 0 saturated carbocycles. The standard InChI is InChI=1S/C9H10ClN3O5S/c10-7-3-6(4-8(5-7)13(15)16)9(14)12-1-2-19(11,17)18/h3-5H,1-2H2,(H,12,14)(H2,11,17,18). The fourth-order valence-electron chi connectivity index (χ4n) is 1.22. The molecule has 0 spiro atoms. The summed E-state index contributed by atoms with van der Waals surface area (Å²) in [5.41, 5.74) is -0.363. The number of nitro groups is 1. The highest BCUT2D eigenvalue weighted by molar-refractivity contribution is 7.89. The van der Waals surface area contributed by atoms with E-state index in [1.165, 1.54) is 6.07 Å². The smallest absolute Gasteiger partial charge is 0.271 e. The first kappa shape index (κ1) is 15.3. The number of halogens is 1. The Bertz CT molecular complexity index is 616. The van der Waals surface area contributed by atoms with Gasteiger partial charge in [0, 0.05) is 29.3 Å². The van der Waals surface area contributed by atoms with Gasteiger partial charge in [-0.25, -0.2) is 13.6 Å². The van der Waals surface area contributed by atoms with Crippen LogP contribution in [0.15, 0.2) is 18.2 Å². The topological polar surface area (TPSA) is 132 Å². The summed E-state index contributed by atoms with van der Waals surface area (Å²) in [6.45, 7) is -0.196. The monoisotopic (exact) mass is 307 g/mol. The van der Waals surface area contributed by atoms with Crippen LogP contribution in [0.25, 0.3) is 0 Å². The second kappa shape index (κ2) is 5.95. The summed E-state index contributed by atoms with van der Waals surface area (Å²) in [7, 11) is -3.68. The number of nitro benzene ring substituents is 1. The van der Waals surface area contributed by atoms with Crippen LogP contribution in [0.4, 0.5) is 5.69 Å². The maximum absolute atomic E-state index is 11.6. The number of rotatable bonds is 5. The first-order valence-corrected chi connectivity index (χ1v) is 7.02. The van der Waals surface area contributed by atoms with Crippen molar-refractivity contribution < 1.29 is 18.1 Å². The molecule has 0 aromatic heterocycles. The van der Waals surface area contributed by atoms with Gasteiger partial charge in [-0.05, 0) is 6.07 Å². The van der Waals surface area contributed by atoms with Gasteiger partial charge in [-0.3, -0.25) is 14.9 Å². The van der Waals surface area contributed by atoms with E-state index in [2.05, 4.69) is 5.32 Å². The number of sulfonamides is 1. The zero-order valence-corrected chi connectivity index (χ0v) is 11.1. The minimum atomic E-state index is -3.68. The van der Waals surface area contributed by atoms with Crippen molar-refractivity contribution in [3.63, 3.8) is 0 Å². The van der Waals surface area contributed by atoms with Crippen molar-refractivity contribution >= 4 is 33.2 Å². The molecule has 19 heavy (non-hydrogen) atoms. The zero-order valence-electron chi connectivity index (χ0n) is 9.50. The molecule has 0 bridgehead atoms. The van der Waals surface area contributed by atoms with Gasteiger partial charge in [0.05, 0.1) is 10.7 Å². The Morgan fingerprint density at radius 2 is 2.05 bits per heavy atom. The molecule has 0 heterocycles. The van der Waals surface area contributed by atoms with Crippen molar-refractivity contribution in [1.29, 1.82) is 0 Å². The normalized spacial score (nSPS) is 11.1. The summed E-state index contributed by atoms with van der Waals surface area (Å²) in [4.78, 5) is 21.5. The van der Waals surface area contributed by atoms with Crippen LogP contribution in [0.2, 0.25) is 5.02 Å². The number of non-ortho nitro benzene ring substituents is 1. The largest absolute Gasteiger partial charge is 0.351 e. The van der Waals surface area contributed by atoms with Gasteiger partial charge in [0.2, 0.25) is 10.0 Å². The number of hydrogen-bond donors (Lipinski definition) is 2. The quantitative estimate of drug-likeness (QED) is 0.595. The molecule has 0 aliphatic rings. The van der Waals surface area contributed by atoms with E-state index in [1.807, 2.05) is 0 Å². The lowest BCUT2D eigenvalue weighted by Crippen LogP contribution is -2.31. The Morgan fingerprint density at radius 1 is 1.42 bits per heavy atom. The lowest BCUT2D eigenvalue weighted by molar-refractivity contribution is -0.384. The van der Waals surface area contributed by atoms with Crippen molar-refractivity contribution in [2.75, 3.05) is 12.3 Å². The Kier molecular flexibility index (Phi) is 4.81. The summed E-state index contributed by atoms with van der Waals surface area (Å²) in [6.07, 6.45) is 0. The van der Waals surface area contributed by atoms with Gasteiger partial charge < -0.3 is 5.32 Å². The molecule has 104 valence electrons. The molecule has 1 rings (SSSR count). The second-order valence-corrected chi connectivity index (χ2v) is 5.75. The number of nitrogens with zero attached hydrogens (tertiary/aromatic N) is 1. The van der Waals surface area contributed by atoms with Gasteiger partial charge in [0.25, 0.3) is 11.6 Å². The van der Waals surface area contributed by atoms with Crippen LogP contribution >= 0.6 is 11.6 Å². The van der Waals surface area contributed by atoms with E-state index in [-0.39, 0.29) is 22.8 Å². The highest BCUT2D eigenvalue weighted by Crippen LogP contribution is 2.20. The molecule has 1 aromatic carbocycles. The SMILES string of the molecule is NS(=O)(=O)CCNC(=O)c1cc(Cl)cc([N+](=O)[O-])c1. The third-order valence-corrected chi connectivity index (χ3v) is 3.02. The Labute approximate surface area is 113 Å². The third-order valence-electron chi connectivity index (χ3n) is 2.03. The van der Waals surface area contributed by atoms with Crippen molar-refractivity contribution in [2.24, 2.45) is 5.14 Å². The molecule has 0 saturated heterocycles. The summed E-state index contributed by atoms with van der Waals surface area (Å²) >= 11 is 5.64. The van der Waals surface area contributed by atoms with Crippen LogP contribution in [-0.4, -0.2) is 31.5 Å². The first-order valence-electron chi connectivity index (χ1n) is 4.93. The molecular weight excluding hydrogens is 298 g/mol. The lowest BCUT2D eigenvalue weighted by atomic mass is 10.2. The predicted octanol–water partition coefficient (Wildman–Crippen LogP) is 0.267. The van der Waals surface area contributed by atoms with Crippen LogP contribution in [0.3, 0.4) is 0 Å². The van der Waals surface area contributed by atoms with Crippen molar-refractivity contribution in [3.8, 4) is 0 Å². The van der Waals surface area contributed by atoms with Crippen LogP contribution in [-0.2, 0) is 10.0 Å². The van der Waals surface area contributed by atoms with E-state index in [0.717, 1.165) is 12.1 Å². The molecule has 10 heteroatoms. The van der Waals surface area contributed by atoms with Crippen molar-refractivity contribution in [1.82, 2.24) is 5.32 Å². The first-order chi connectivity index (χ1) is 8.69. The van der Waals surface area contributed by atoms with Gasteiger partial charge in [-0.2, -0.15) is 0 Å². The van der Waals surface area contributed by atoms with Gasteiger partial charge in [0.15, 0.2) is 0 Å². The van der Waals surface area contributed by atoms with Crippen molar-refractivity contribution in [2.45, 2.75) is 0 Å². The van der Waals surface area contributed by atoms with Crippen LogP contribution in [0, 0.1) is 10.1 Å². The number of hydrogen-bond acceptors (Lipinski definition) is 5. The van der Waals surface area contributed by atoms with E-state index >= 15 is 0 Å². The van der Waals surface area contributed by atoms with Gasteiger partial charge in [-0.1, -0.05) is 11.6 Å². The predicted molar refractivity (Wildman–Crippen MR) is 68.4 cm³/mol. The minimum absolute atomic E-state index is 0.0331. The highest BCUT2D eigenvalue weighted by atomic mass is 35.5. The molecular formula is C9H10ClN3O5S. The number of carbonyl (C=O) groups is 1. The molecule has 0 fully saturated rings. The fourth-order valence-corrected chi connectivity index (χ4v) is 1.84. The summed E-state index contributed by atoms with van der Waals surface area (Å²) in [5.74, 6) is -1.10. The minimum Gasteiger partial charge on any atom is -0.351 e. The van der Waals surface area contributed by atoms with Gasteiger partial charge >= 0.3 is 0 Å². The number of carbonyl (C=O) groups excluding carboxylic acids is 1. The van der Waals surface area contributed by atoms with E-state index in [4.69, 9.17) is 16.7 Å². The Balaban J connectivity index is 2.80. The number of primary sulfonamides is 1. The molecule has 0 aliphatic carbocycles. The maximum atomic E-state index is 11.6. The number of benzene rings is 1. The zero-order chi connectivity index (χ0) is 14.6. The third kappa shape index (κ3) is 5.20. The average molecular weight is 308 g/mol. The lowest BCUT2D eigenvalue weighted by Gasteiger charge is -2.04.